The summed E-state index contributed by atoms with van der Waals surface area (Å²) in [5, 5.41) is 2.15. The molecule has 1 heterocycles. The highest BCUT2D eigenvalue weighted by molar-refractivity contribution is 6.35. The van der Waals surface area contributed by atoms with Crippen molar-refractivity contribution < 1.29 is 27.6 Å². The first-order valence-electron chi connectivity index (χ1n) is 7.28. The molecule has 1 aromatic carbocycles. The number of para-hydroxylation sites is 1. The number of benzene rings is 1. The first kappa shape index (κ1) is 17.8. The highest BCUT2D eigenvalue weighted by Crippen LogP contribution is 2.34. The first-order valence-corrected chi connectivity index (χ1v) is 7.28. The Morgan fingerprint density at radius 1 is 1.12 bits per heavy atom. The van der Waals surface area contributed by atoms with Crippen molar-refractivity contribution in [1.82, 2.24) is 9.80 Å². The molecule has 3 amide bonds. The molecule has 2 rings (SSSR count). The number of likely N-dealkylation sites (N-methyl/N-ethyl adjacent to an activating group) is 1. The number of rotatable bonds is 4. The maximum atomic E-state index is 12.9. The molecule has 0 atom stereocenters. The van der Waals surface area contributed by atoms with Crippen molar-refractivity contribution in [2.45, 2.75) is 13.1 Å². The van der Waals surface area contributed by atoms with Crippen LogP contribution in [-0.4, -0.2) is 53.7 Å². The number of piperazine rings is 1. The summed E-state index contributed by atoms with van der Waals surface area (Å²) < 4.78 is 38.7. The molecule has 24 heavy (non-hydrogen) atoms. The van der Waals surface area contributed by atoms with Crippen LogP contribution in [0.2, 0.25) is 0 Å². The molecular formula is C15H16F3N3O3. The summed E-state index contributed by atoms with van der Waals surface area (Å²) in [6, 6.07) is 4.55. The molecule has 9 heteroatoms. The lowest BCUT2D eigenvalue weighted by Gasteiger charge is -2.32. The van der Waals surface area contributed by atoms with Crippen LogP contribution < -0.4 is 5.32 Å². The fourth-order valence-electron chi connectivity index (χ4n) is 2.37. The summed E-state index contributed by atoms with van der Waals surface area (Å²) in [6.45, 7) is 2.07. The molecule has 0 unspecified atom stereocenters. The second kappa shape index (κ2) is 6.90. The van der Waals surface area contributed by atoms with Crippen LogP contribution >= 0.6 is 0 Å². The van der Waals surface area contributed by atoms with Crippen molar-refractivity contribution in [2.75, 3.05) is 31.5 Å². The number of hydrogen-bond acceptors (Lipinski definition) is 3. The average Bonchev–Trinajstić information content (AvgIpc) is 2.51. The number of anilines is 1. The minimum absolute atomic E-state index is 0.159. The molecule has 0 bridgehead atoms. The normalized spacial score (nSPS) is 15.7. The summed E-state index contributed by atoms with van der Waals surface area (Å²) in [5.41, 5.74) is -1.36. The van der Waals surface area contributed by atoms with Gasteiger partial charge in [-0.2, -0.15) is 13.2 Å². The van der Waals surface area contributed by atoms with E-state index in [1.54, 1.807) is 6.92 Å². The number of halogens is 3. The topological polar surface area (TPSA) is 69.7 Å². The van der Waals surface area contributed by atoms with Gasteiger partial charge in [-0.05, 0) is 19.1 Å². The molecule has 1 aliphatic heterocycles. The molecule has 1 aliphatic rings. The van der Waals surface area contributed by atoms with Crippen LogP contribution in [0, 0.1) is 0 Å². The molecular weight excluding hydrogens is 327 g/mol. The van der Waals surface area contributed by atoms with Crippen molar-refractivity contribution in [3.05, 3.63) is 29.8 Å². The van der Waals surface area contributed by atoms with E-state index in [-0.39, 0.29) is 18.8 Å². The molecule has 0 aromatic heterocycles. The van der Waals surface area contributed by atoms with E-state index in [4.69, 9.17) is 0 Å². The highest BCUT2D eigenvalue weighted by Gasteiger charge is 2.35. The minimum Gasteiger partial charge on any atom is -0.333 e. The first-order chi connectivity index (χ1) is 11.2. The Bertz CT molecular complexity index is 661. The highest BCUT2D eigenvalue weighted by atomic mass is 19.4. The molecule has 0 saturated carbocycles. The van der Waals surface area contributed by atoms with Crippen molar-refractivity contribution in [1.29, 1.82) is 0 Å². The molecule has 6 nitrogen and oxygen atoms in total. The van der Waals surface area contributed by atoms with Gasteiger partial charge in [-0.15, -0.1) is 0 Å². The Morgan fingerprint density at radius 3 is 2.33 bits per heavy atom. The zero-order chi connectivity index (χ0) is 17.9. The van der Waals surface area contributed by atoms with Crippen molar-refractivity contribution in [2.24, 2.45) is 0 Å². The van der Waals surface area contributed by atoms with Gasteiger partial charge in [0, 0.05) is 19.6 Å². The van der Waals surface area contributed by atoms with E-state index in [2.05, 4.69) is 5.32 Å². The van der Waals surface area contributed by atoms with Crippen LogP contribution in [0.25, 0.3) is 0 Å². The quantitative estimate of drug-likeness (QED) is 0.839. The summed E-state index contributed by atoms with van der Waals surface area (Å²) in [5.74, 6) is -2.34. The van der Waals surface area contributed by atoms with Gasteiger partial charge in [0.05, 0.1) is 11.3 Å². The Hall–Kier alpha value is -2.58. The summed E-state index contributed by atoms with van der Waals surface area (Å²) >= 11 is 0. The van der Waals surface area contributed by atoms with Crippen LogP contribution in [0.4, 0.5) is 18.9 Å². The van der Waals surface area contributed by atoms with Crippen molar-refractivity contribution >= 4 is 23.4 Å². The zero-order valence-corrected chi connectivity index (χ0v) is 12.9. The summed E-state index contributed by atoms with van der Waals surface area (Å²) in [7, 11) is 0. The SMILES string of the molecule is CCN1CCN(CC(=O)Nc2ccccc2C(F)(F)F)C(=O)C1=O. The van der Waals surface area contributed by atoms with Gasteiger partial charge in [-0.25, -0.2) is 0 Å². The third-order valence-electron chi connectivity index (χ3n) is 3.62. The molecule has 1 saturated heterocycles. The molecule has 130 valence electrons. The smallest absolute Gasteiger partial charge is 0.333 e. The third-order valence-corrected chi connectivity index (χ3v) is 3.62. The van der Waals surface area contributed by atoms with Gasteiger partial charge in [-0.1, -0.05) is 12.1 Å². The van der Waals surface area contributed by atoms with E-state index in [1.165, 1.54) is 17.0 Å². The summed E-state index contributed by atoms with van der Waals surface area (Å²) in [6.07, 6.45) is -4.61. The maximum absolute atomic E-state index is 12.9. The number of carbonyl (C=O) groups is 3. The largest absolute Gasteiger partial charge is 0.418 e. The van der Waals surface area contributed by atoms with E-state index in [1.807, 2.05) is 0 Å². The molecule has 1 aromatic rings. The second-order valence-electron chi connectivity index (χ2n) is 5.20. The summed E-state index contributed by atoms with van der Waals surface area (Å²) in [4.78, 5) is 38.0. The van der Waals surface area contributed by atoms with E-state index in [0.29, 0.717) is 6.54 Å². The van der Waals surface area contributed by atoms with E-state index in [0.717, 1.165) is 17.0 Å². The van der Waals surface area contributed by atoms with Gasteiger partial charge < -0.3 is 15.1 Å². The van der Waals surface area contributed by atoms with E-state index < -0.39 is 36.0 Å². The molecule has 1 N–H and O–H groups in total. The molecule has 1 fully saturated rings. The molecule has 0 spiro atoms. The lowest BCUT2D eigenvalue weighted by molar-refractivity contribution is -0.156. The lowest BCUT2D eigenvalue weighted by atomic mass is 10.1. The number of nitrogens with zero attached hydrogens (tertiary/aromatic N) is 2. The van der Waals surface area contributed by atoms with Crippen molar-refractivity contribution in [3.63, 3.8) is 0 Å². The van der Waals surface area contributed by atoms with E-state index in [9.17, 15) is 27.6 Å². The number of amides is 3. The third kappa shape index (κ3) is 3.84. The number of carbonyl (C=O) groups excluding carboxylic acids is 3. The van der Waals surface area contributed by atoms with Gasteiger partial charge in [-0.3, -0.25) is 14.4 Å². The predicted molar refractivity (Wildman–Crippen MR) is 78.9 cm³/mol. The predicted octanol–water partition coefficient (Wildman–Crippen LogP) is 1.33. The Balaban J connectivity index is 2.05. The van der Waals surface area contributed by atoms with Crippen LogP contribution in [0.5, 0.6) is 0 Å². The zero-order valence-electron chi connectivity index (χ0n) is 12.9. The van der Waals surface area contributed by atoms with Gasteiger partial charge >= 0.3 is 18.0 Å². The van der Waals surface area contributed by atoms with E-state index >= 15 is 0 Å². The Labute approximate surface area is 136 Å². The van der Waals surface area contributed by atoms with Crippen molar-refractivity contribution in [3.8, 4) is 0 Å². The fourth-order valence-corrected chi connectivity index (χ4v) is 2.37. The molecule has 0 radical (unpaired) electrons. The number of hydrogen-bond donors (Lipinski definition) is 1. The standard InChI is InChI=1S/C15H16F3N3O3/c1-2-20-7-8-21(14(24)13(20)23)9-12(22)19-11-6-4-3-5-10(11)15(16,17)18/h3-6H,2,7-9H2,1H3,(H,19,22). The minimum atomic E-state index is -4.61. The fraction of sp³-hybridized carbons (Fsp3) is 0.400. The lowest BCUT2D eigenvalue weighted by Crippen LogP contribution is -2.55. The Morgan fingerprint density at radius 2 is 1.71 bits per heavy atom. The van der Waals surface area contributed by atoms with Gasteiger partial charge in [0.2, 0.25) is 5.91 Å². The van der Waals surface area contributed by atoms with Crippen LogP contribution in [-0.2, 0) is 20.6 Å². The van der Waals surface area contributed by atoms with Gasteiger partial charge in [0.1, 0.15) is 6.54 Å². The van der Waals surface area contributed by atoms with Crippen LogP contribution in [0.15, 0.2) is 24.3 Å². The number of alkyl halides is 3. The average molecular weight is 343 g/mol. The molecule has 0 aliphatic carbocycles. The van der Waals surface area contributed by atoms with Crippen LogP contribution in [0.3, 0.4) is 0 Å². The van der Waals surface area contributed by atoms with Crippen LogP contribution in [0.1, 0.15) is 12.5 Å². The maximum Gasteiger partial charge on any atom is 0.418 e. The number of nitrogens with one attached hydrogen (secondary N) is 1. The monoisotopic (exact) mass is 343 g/mol. The van der Waals surface area contributed by atoms with Gasteiger partial charge in [0.25, 0.3) is 0 Å². The van der Waals surface area contributed by atoms with Gasteiger partial charge in [0.15, 0.2) is 0 Å². The Kier molecular flexibility index (Phi) is 5.10. The second-order valence-corrected chi connectivity index (χ2v) is 5.20.